The lowest BCUT2D eigenvalue weighted by molar-refractivity contribution is -0.132. The second-order valence-electron chi connectivity index (χ2n) is 6.41. The van der Waals surface area contributed by atoms with E-state index in [2.05, 4.69) is 36.1 Å². The summed E-state index contributed by atoms with van der Waals surface area (Å²) < 4.78 is 13.7. The number of hydrogen-bond acceptors (Lipinski definition) is 2. The topological polar surface area (TPSA) is 23.6 Å². The van der Waals surface area contributed by atoms with Gasteiger partial charge in [0.25, 0.3) is 0 Å². The first kappa shape index (κ1) is 16.7. The predicted molar refractivity (Wildman–Crippen MR) is 93.1 cm³/mol. The molecule has 0 aromatic heterocycles. The highest BCUT2D eigenvalue weighted by Gasteiger charge is 2.21. The zero-order chi connectivity index (χ0) is 16.9. The van der Waals surface area contributed by atoms with Gasteiger partial charge in [-0.1, -0.05) is 48.0 Å². The summed E-state index contributed by atoms with van der Waals surface area (Å²) in [5.74, 6) is -0.293. The molecule has 1 fully saturated rings. The van der Waals surface area contributed by atoms with Gasteiger partial charge in [0.1, 0.15) is 5.82 Å². The first-order valence-electron chi connectivity index (χ1n) is 8.41. The van der Waals surface area contributed by atoms with Crippen LogP contribution in [0, 0.1) is 12.7 Å². The minimum atomic E-state index is -0.302. The van der Waals surface area contributed by atoms with Crippen LogP contribution in [0.5, 0.6) is 0 Å². The standard InChI is InChI=1S/C20H23FN2O/c1-16-6-8-17(9-7-16)15-22-10-12-23(13-11-22)20(24)14-18-4-2-3-5-19(18)21/h2-9H,10-15H2,1H3. The quantitative estimate of drug-likeness (QED) is 0.862. The highest BCUT2D eigenvalue weighted by atomic mass is 19.1. The van der Waals surface area contributed by atoms with Gasteiger partial charge in [0.2, 0.25) is 5.91 Å². The third kappa shape index (κ3) is 4.20. The van der Waals surface area contributed by atoms with E-state index in [-0.39, 0.29) is 18.1 Å². The smallest absolute Gasteiger partial charge is 0.227 e. The molecule has 0 atom stereocenters. The lowest BCUT2D eigenvalue weighted by Gasteiger charge is -2.35. The van der Waals surface area contributed by atoms with Gasteiger partial charge in [-0.3, -0.25) is 9.69 Å². The molecule has 2 aromatic rings. The number of halogens is 1. The fourth-order valence-corrected chi connectivity index (χ4v) is 3.02. The number of rotatable bonds is 4. The van der Waals surface area contributed by atoms with E-state index < -0.39 is 0 Å². The normalized spacial score (nSPS) is 15.5. The third-order valence-electron chi connectivity index (χ3n) is 4.55. The Hall–Kier alpha value is -2.20. The summed E-state index contributed by atoms with van der Waals surface area (Å²) in [7, 11) is 0. The Labute approximate surface area is 142 Å². The molecule has 0 spiro atoms. The van der Waals surface area contributed by atoms with Crippen molar-refractivity contribution in [2.45, 2.75) is 19.9 Å². The van der Waals surface area contributed by atoms with Gasteiger partial charge in [-0.15, -0.1) is 0 Å². The van der Waals surface area contributed by atoms with E-state index in [1.54, 1.807) is 18.2 Å². The molecule has 1 saturated heterocycles. The molecule has 2 aromatic carbocycles. The average Bonchev–Trinajstić information content (AvgIpc) is 2.59. The van der Waals surface area contributed by atoms with Gasteiger partial charge < -0.3 is 4.90 Å². The molecule has 24 heavy (non-hydrogen) atoms. The number of amides is 1. The Morgan fingerprint density at radius 3 is 2.33 bits per heavy atom. The van der Waals surface area contributed by atoms with Crippen molar-refractivity contribution in [1.29, 1.82) is 0 Å². The van der Waals surface area contributed by atoms with Gasteiger partial charge in [0.05, 0.1) is 6.42 Å². The molecule has 1 amide bonds. The van der Waals surface area contributed by atoms with E-state index in [1.807, 2.05) is 4.90 Å². The summed E-state index contributed by atoms with van der Waals surface area (Å²) in [6.45, 7) is 6.13. The number of carbonyl (C=O) groups is 1. The fourth-order valence-electron chi connectivity index (χ4n) is 3.02. The van der Waals surface area contributed by atoms with Crippen molar-refractivity contribution in [2.24, 2.45) is 0 Å². The Morgan fingerprint density at radius 2 is 1.67 bits per heavy atom. The molecule has 0 bridgehead atoms. The molecular formula is C20H23FN2O. The second-order valence-corrected chi connectivity index (χ2v) is 6.41. The summed E-state index contributed by atoms with van der Waals surface area (Å²) in [4.78, 5) is 16.6. The van der Waals surface area contributed by atoms with Crippen molar-refractivity contribution in [2.75, 3.05) is 26.2 Å². The van der Waals surface area contributed by atoms with Crippen molar-refractivity contribution >= 4 is 5.91 Å². The van der Waals surface area contributed by atoms with Crippen LogP contribution in [0.15, 0.2) is 48.5 Å². The zero-order valence-corrected chi connectivity index (χ0v) is 14.0. The molecule has 1 heterocycles. The van der Waals surface area contributed by atoms with Gasteiger partial charge >= 0.3 is 0 Å². The van der Waals surface area contributed by atoms with Crippen LogP contribution in [-0.2, 0) is 17.8 Å². The Balaban J connectivity index is 1.50. The number of piperazine rings is 1. The number of hydrogen-bond donors (Lipinski definition) is 0. The van der Waals surface area contributed by atoms with Crippen molar-refractivity contribution in [1.82, 2.24) is 9.80 Å². The van der Waals surface area contributed by atoms with Crippen LogP contribution in [-0.4, -0.2) is 41.9 Å². The Kier molecular flexibility index (Phi) is 5.26. The van der Waals surface area contributed by atoms with Crippen molar-refractivity contribution < 1.29 is 9.18 Å². The highest BCUT2D eigenvalue weighted by Crippen LogP contribution is 2.12. The first-order valence-corrected chi connectivity index (χ1v) is 8.41. The van der Waals surface area contributed by atoms with Crippen LogP contribution in [0.2, 0.25) is 0 Å². The highest BCUT2D eigenvalue weighted by molar-refractivity contribution is 5.79. The van der Waals surface area contributed by atoms with Gasteiger partial charge in [-0.25, -0.2) is 4.39 Å². The van der Waals surface area contributed by atoms with Crippen LogP contribution in [0.4, 0.5) is 4.39 Å². The molecular weight excluding hydrogens is 303 g/mol. The van der Waals surface area contributed by atoms with E-state index in [0.717, 1.165) is 19.6 Å². The van der Waals surface area contributed by atoms with Crippen LogP contribution < -0.4 is 0 Å². The molecule has 1 aliphatic heterocycles. The number of benzene rings is 2. The number of aryl methyl sites for hydroxylation is 1. The van der Waals surface area contributed by atoms with Crippen molar-refractivity contribution in [3.63, 3.8) is 0 Å². The van der Waals surface area contributed by atoms with Crippen molar-refractivity contribution in [3.8, 4) is 0 Å². The molecule has 3 rings (SSSR count). The van der Waals surface area contributed by atoms with Gasteiger partial charge in [-0.2, -0.15) is 0 Å². The number of carbonyl (C=O) groups excluding carboxylic acids is 1. The van der Waals surface area contributed by atoms with Crippen LogP contribution in [0.1, 0.15) is 16.7 Å². The molecule has 0 N–H and O–H groups in total. The molecule has 0 unspecified atom stereocenters. The fraction of sp³-hybridized carbons (Fsp3) is 0.350. The van der Waals surface area contributed by atoms with Gasteiger partial charge in [-0.05, 0) is 24.1 Å². The SMILES string of the molecule is Cc1ccc(CN2CCN(C(=O)Cc3ccccc3F)CC2)cc1. The maximum absolute atomic E-state index is 13.7. The largest absolute Gasteiger partial charge is 0.340 e. The maximum atomic E-state index is 13.7. The maximum Gasteiger partial charge on any atom is 0.227 e. The average molecular weight is 326 g/mol. The zero-order valence-electron chi connectivity index (χ0n) is 14.0. The number of nitrogens with zero attached hydrogens (tertiary/aromatic N) is 2. The van der Waals surface area contributed by atoms with E-state index in [1.165, 1.54) is 17.2 Å². The molecule has 0 saturated carbocycles. The molecule has 0 aliphatic carbocycles. The lowest BCUT2D eigenvalue weighted by atomic mass is 10.1. The van der Waals surface area contributed by atoms with Gasteiger partial charge in [0.15, 0.2) is 0 Å². The van der Waals surface area contributed by atoms with E-state index in [9.17, 15) is 9.18 Å². The molecule has 0 radical (unpaired) electrons. The molecule has 3 nitrogen and oxygen atoms in total. The summed E-state index contributed by atoms with van der Waals surface area (Å²) in [6.07, 6.45) is 0.143. The minimum Gasteiger partial charge on any atom is -0.340 e. The Bertz CT molecular complexity index is 691. The molecule has 126 valence electrons. The summed E-state index contributed by atoms with van der Waals surface area (Å²) in [6, 6.07) is 15.1. The summed E-state index contributed by atoms with van der Waals surface area (Å²) >= 11 is 0. The van der Waals surface area contributed by atoms with Crippen LogP contribution in [0.3, 0.4) is 0 Å². The van der Waals surface area contributed by atoms with E-state index in [0.29, 0.717) is 18.7 Å². The summed E-state index contributed by atoms with van der Waals surface area (Å²) in [5, 5.41) is 0. The second kappa shape index (κ2) is 7.58. The minimum absolute atomic E-state index is 0.00934. The third-order valence-corrected chi connectivity index (χ3v) is 4.55. The molecule has 4 heteroatoms. The lowest BCUT2D eigenvalue weighted by Crippen LogP contribution is -2.48. The van der Waals surface area contributed by atoms with Crippen molar-refractivity contribution in [3.05, 3.63) is 71.0 Å². The van der Waals surface area contributed by atoms with Gasteiger partial charge in [0, 0.05) is 32.7 Å². The van der Waals surface area contributed by atoms with E-state index >= 15 is 0 Å². The summed E-state index contributed by atoms with van der Waals surface area (Å²) in [5.41, 5.74) is 3.04. The first-order chi connectivity index (χ1) is 11.6. The van der Waals surface area contributed by atoms with Crippen LogP contribution in [0.25, 0.3) is 0 Å². The molecule has 1 aliphatic rings. The Morgan fingerprint density at radius 1 is 1.00 bits per heavy atom. The predicted octanol–water partition coefficient (Wildman–Crippen LogP) is 3.02. The van der Waals surface area contributed by atoms with Crippen LogP contribution >= 0.6 is 0 Å². The van der Waals surface area contributed by atoms with E-state index in [4.69, 9.17) is 0 Å². The monoisotopic (exact) mass is 326 g/mol.